The van der Waals surface area contributed by atoms with Gasteiger partial charge in [0.25, 0.3) is 0 Å². The number of fused-ring (bicyclic) bond motifs is 1. The van der Waals surface area contributed by atoms with E-state index >= 15 is 0 Å². The molecule has 3 rings (SSSR count). The number of aryl methyl sites for hydroxylation is 1. The summed E-state index contributed by atoms with van der Waals surface area (Å²) in [6, 6.07) is 9.99. The molecule has 5 heteroatoms. The molecule has 1 heterocycles. The number of carboxylic acid groups (broad SMARTS) is 1. The van der Waals surface area contributed by atoms with Crippen LogP contribution in [0, 0.1) is 0 Å². The maximum absolute atomic E-state index is 11.3. The molecule has 1 aliphatic carbocycles. The third-order valence-corrected chi connectivity index (χ3v) is 4.88. The fourth-order valence-corrected chi connectivity index (χ4v) is 3.70. The summed E-state index contributed by atoms with van der Waals surface area (Å²) in [6.07, 6.45) is 2.57. The lowest BCUT2D eigenvalue weighted by Crippen LogP contribution is -2.17. The van der Waals surface area contributed by atoms with E-state index in [9.17, 15) is 9.90 Å². The van der Waals surface area contributed by atoms with Crippen molar-refractivity contribution < 1.29 is 9.90 Å². The van der Waals surface area contributed by atoms with Gasteiger partial charge in [-0.1, -0.05) is 18.2 Å². The van der Waals surface area contributed by atoms with Crippen LogP contribution in [-0.2, 0) is 11.2 Å². The van der Waals surface area contributed by atoms with Crippen molar-refractivity contribution in [1.82, 2.24) is 4.98 Å². The number of rotatable bonds is 3. The van der Waals surface area contributed by atoms with Crippen molar-refractivity contribution in [3.05, 3.63) is 40.9 Å². The molecule has 1 atom stereocenters. The number of nitrogens with zero attached hydrogens (tertiary/aromatic N) is 2. The molecule has 1 unspecified atom stereocenters. The highest BCUT2D eigenvalue weighted by Crippen LogP contribution is 2.39. The molecule has 1 aromatic heterocycles. The monoisotopic (exact) mass is 288 g/mol. The molecule has 0 saturated carbocycles. The highest BCUT2D eigenvalue weighted by atomic mass is 32.1. The standard InChI is InChI=1S/C15H16N2O2S/c1-17(10-6-3-2-4-7-10)15-16-13-11(14(18)19)8-5-9-12(13)20-15/h2-4,6-7,11H,5,8-9H2,1H3,(H,18,19). The molecular formula is C15H16N2O2S. The number of carboxylic acids is 1. The second-order valence-corrected chi connectivity index (χ2v) is 6.04. The molecule has 0 fully saturated rings. The third kappa shape index (κ3) is 2.29. The topological polar surface area (TPSA) is 53.4 Å². The molecule has 4 nitrogen and oxygen atoms in total. The maximum Gasteiger partial charge on any atom is 0.312 e. The van der Waals surface area contributed by atoms with Crippen molar-refractivity contribution >= 4 is 28.1 Å². The van der Waals surface area contributed by atoms with Crippen molar-refractivity contribution in [1.29, 1.82) is 0 Å². The highest BCUT2D eigenvalue weighted by Gasteiger charge is 2.30. The quantitative estimate of drug-likeness (QED) is 0.940. The van der Waals surface area contributed by atoms with Crippen LogP contribution >= 0.6 is 11.3 Å². The van der Waals surface area contributed by atoms with Gasteiger partial charge >= 0.3 is 5.97 Å². The summed E-state index contributed by atoms with van der Waals surface area (Å²) < 4.78 is 0. The van der Waals surface area contributed by atoms with Gasteiger partial charge in [-0.15, -0.1) is 11.3 Å². The van der Waals surface area contributed by atoms with Gasteiger partial charge in [0.2, 0.25) is 0 Å². The fraction of sp³-hybridized carbons (Fsp3) is 0.333. The van der Waals surface area contributed by atoms with Crippen molar-refractivity contribution in [3.8, 4) is 0 Å². The van der Waals surface area contributed by atoms with E-state index in [4.69, 9.17) is 0 Å². The molecule has 0 radical (unpaired) electrons. The van der Waals surface area contributed by atoms with Crippen LogP contribution in [-0.4, -0.2) is 23.1 Å². The highest BCUT2D eigenvalue weighted by molar-refractivity contribution is 7.15. The van der Waals surface area contributed by atoms with Crippen LogP contribution in [0.4, 0.5) is 10.8 Å². The smallest absolute Gasteiger partial charge is 0.312 e. The first-order valence-electron chi connectivity index (χ1n) is 6.68. The molecule has 1 N–H and O–H groups in total. The van der Waals surface area contributed by atoms with Gasteiger partial charge in [0.1, 0.15) is 5.92 Å². The summed E-state index contributed by atoms with van der Waals surface area (Å²) in [5, 5.41) is 10.2. The Morgan fingerprint density at radius 1 is 1.40 bits per heavy atom. The van der Waals surface area contributed by atoms with E-state index < -0.39 is 11.9 Å². The van der Waals surface area contributed by atoms with E-state index in [0.29, 0.717) is 6.42 Å². The second kappa shape index (κ2) is 5.25. The van der Waals surface area contributed by atoms with Gasteiger partial charge in [-0.2, -0.15) is 0 Å². The van der Waals surface area contributed by atoms with Crippen molar-refractivity contribution in [3.63, 3.8) is 0 Å². The molecule has 0 saturated heterocycles. The van der Waals surface area contributed by atoms with E-state index in [1.807, 2.05) is 42.3 Å². The van der Waals surface area contributed by atoms with Crippen molar-refractivity contribution in [2.75, 3.05) is 11.9 Å². The molecule has 0 amide bonds. The van der Waals surface area contributed by atoms with Crippen LogP contribution in [0.5, 0.6) is 0 Å². The van der Waals surface area contributed by atoms with Crippen molar-refractivity contribution in [2.45, 2.75) is 25.2 Å². The summed E-state index contributed by atoms with van der Waals surface area (Å²) in [6.45, 7) is 0. The average molecular weight is 288 g/mol. The minimum Gasteiger partial charge on any atom is -0.481 e. The SMILES string of the molecule is CN(c1ccccc1)c1nc2c(s1)CCCC2C(=O)O. The molecular weight excluding hydrogens is 272 g/mol. The Labute approximate surface area is 121 Å². The first-order valence-corrected chi connectivity index (χ1v) is 7.49. The Morgan fingerprint density at radius 3 is 2.85 bits per heavy atom. The first kappa shape index (κ1) is 13.1. The van der Waals surface area contributed by atoms with Gasteiger partial charge in [0, 0.05) is 17.6 Å². The Kier molecular flexibility index (Phi) is 3.44. The average Bonchev–Trinajstić information content (AvgIpc) is 2.90. The van der Waals surface area contributed by atoms with Crippen LogP contribution < -0.4 is 4.90 Å². The maximum atomic E-state index is 11.3. The number of benzene rings is 1. The van der Waals surface area contributed by atoms with Crippen molar-refractivity contribution in [2.24, 2.45) is 0 Å². The number of aromatic nitrogens is 1. The van der Waals surface area contributed by atoms with Crippen LogP contribution in [0.25, 0.3) is 0 Å². The number of carbonyl (C=O) groups is 1. The predicted molar refractivity (Wildman–Crippen MR) is 79.9 cm³/mol. The Bertz CT molecular complexity index is 624. The van der Waals surface area contributed by atoms with Crippen LogP contribution in [0.2, 0.25) is 0 Å². The Hall–Kier alpha value is -1.88. The molecule has 20 heavy (non-hydrogen) atoms. The number of anilines is 2. The minimum atomic E-state index is -0.759. The zero-order valence-corrected chi connectivity index (χ0v) is 12.1. The Balaban J connectivity index is 1.95. The second-order valence-electron chi connectivity index (χ2n) is 4.98. The lowest BCUT2D eigenvalue weighted by molar-refractivity contribution is -0.139. The molecule has 1 aliphatic rings. The van der Waals surface area contributed by atoms with E-state index in [1.54, 1.807) is 11.3 Å². The number of hydrogen-bond acceptors (Lipinski definition) is 4. The molecule has 0 bridgehead atoms. The molecule has 0 spiro atoms. The summed E-state index contributed by atoms with van der Waals surface area (Å²) in [4.78, 5) is 19.1. The number of hydrogen-bond donors (Lipinski definition) is 1. The number of thiazole rings is 1. The zero-order chi connectivity index (χ0) is 14.1. The van der Waals surface area contributed by atoms with E-state index in [0.717, 1.165) is 34.2 Å². The zero-order valence-electron chi connectivity index (χ0n) is 11.2. The van der Waals surface area contributed by atoms with Gasteiger partial charge in [0.15, 0.2) is 5.13 Å². The number of para-hydroxylation sites is 1. The minimum absolute atomic E-state index is 0.437. The van der Waals surface area contributed by atoms with E-state index in [2.05, 4.69) is 4.98 Å². The molecule has 0 aliphatic heterocycles. The first-order chi connectivity index (χ1) is 9.66. The van der Waals surface area contributed by atoms with Gasteiger partial charge in [-0.3, -0.25) is 4.79 Å². The summed E-state index contributed by atoms with van der Waals surface area (Å²) in [5.74, 6) is -1.20. The molecule has 1 aromatic carbocycles. The largest absolute Gasteiger partial charge is 0.481 e. The summed E-state index contributed by atoms with van der Waals surface area (Å²) in [7, 11) is 1.97. The van der Waals surface area contributed by atoms with Gasteiger partial charge in [-0.05, 0) is 31.4 Å². The number of aliphatic carboxylic acids is 1. The lowest BCUT2D eigenvalue weighted by Gasteiger charge is -2.16. The fourth-order valence-electron chi connectivity index (χ4n) is 2.55. The molecule has 2 aromatic rings. The third-order valence-electron chi connectivity index (χ3n) is 3.67. The van der Waals surface area contributed by atoms with Crippen LogP contribution in [0.15, 0.2) is 30.3 Å². The van der Waals surface area contributed by atoms with E-state index in [-0.39, 0.29) is 0 Å². The Morgan fingerprint density at radius 2 is 2.15 bits per heavy atom. The van der Waals surface area contributed by atoms with Crippen LogP contribution in [0.3, 0.4) is 0 Å². The normalized spacial score (nSPS) is 17.6. The van der Waals surface area contributed by atoms with Gasteiger partial charge in [0.05, 0.1) is 5.69 Å². The van der Waals surface area contributed by atoms with Gasteiger partial charge in [-0.25, -0.2) is 4.98 Å². The predicted octanol–water partition coefficient (Wildman–Crippen LogP) is 3.42. The van der Waals surface area contributed by atoms with Crippen LogP contribution in [0.1, 0.15) is 29.3 Å². The van der Waals surface area contributed by atoms with E-state index in [1.165, 1.54) is 0 Å². The summed E-state index contributed by atoms with van der Waals surface area (Å²) in [5.41, 5.74) is 1.83. The molecule has 104 valence electrons. The summed E-state index contributed by atoms with van der Waals surface area (Å²) >= 11 is 1.61. The lowest BCUT2D eigenvalue weighted by atomic mass is 9.91. The van der Waals surface area contributed by atoms with Gasteiger partial charge < -0.3 is 10.0 Å².